The number of thiol groups is 1. The zero-order valence-corrected chi connectivity index (χ0v) is 6.37. The molecule has 0 bridgehead atoms. The maximum absolute atomic E-state index is 10.1. The van der Waals surface area contributed by atoms with Gasteiger partial charge in [0.15, 0.2) is 0 Å². The molecule has 0 atom stereocenters. The molecule has 0 aromatic heterocycles. The lowest BCUT2D eigenvalue weighted by Gasteiger charge is -2.11. The molecule has 0 spiro atoms. The van der Waals surface area contributed by atoms with Crippen LogP contribution in [0.2, 0.25) is 0 Å². The maximum atomic E-state index is 10.1. The zero-order valence-electron chi connectivity index (χ0n) is 5.47. The third-order valence-corrected chi connectivity index (χ3v) is 1.81. The van der Waals surface area contributed by atoms with Crippen molar-refractivity contribution in [1.82, 2.24) is 0 Å². The van der Waals surface area contributed by atoms with Crippen molar-refractivity contribution in [2.45, 2.75) is 20.8 Å². The summed E-state index contributed by atoms with van der Waals surface area (Å²) in [6.45, 7) is 5.70. The van der Waals surface area contributed by atoms with E-state index in [0.717, 1.165) is 0 Å². The van der Waals surface area contributed by atoms with Gasteiger partial charge in [-0.3, -0.25) is 0 Å². The van der Waals surface area contributed by atoms with Gasteiger partial charge in [0.1, 0.15) is 10.7 Å². The van der Waals surface area contributed by atoms with Crippen LogP contribution >= 0.6 is 0 Å². The second-order valence-corrected chi connectivity index (χ2v) is 4.03. The van der Waals surface area contributed by atoms with Gasteiger partial charge in [0.05, 0.1) is 5.75 Å². The molecule has 50 valence electrons. The van der Waals surface area contributed by atoms with E-state index in [1.807, 2.05) is 20.8 Å². The van der Waals surface area contributed by atoms with E-state index in [-0.39, 0.29) is 11.2 Å². The van der Waals surface area contributed by atoms with E-state index in [1.165, 1.54) is 0 Å². The second-order valence-electron chi connectivity index (χ2n) is 3.05. The van der Waals surface area contributed by atoms with Gasteiger partial charge in [-0.1, -0.05) is 20.8 Å². The highest BCUT2D eigenvalue weighted by molar-refractivity contribution is 7.72. The molecule has 0 radical (unpaired) electrons. The third kappa shape index (κ3) is 5.95. The minimum absolute atomic E-state index is 0.0742. The summed E-state index contributed by atoms with van der Waals surface area (Å²) >= 11 is 0. The lowest BCUT2D eigenvalue weighted by atomic mass is 10.0. The van der Waals surface area contributed by atoms with E-state index >= 15 is 0 Å². The highest BCUT2D eigenvalue weighted by atomic mass is 32.2. The summed E-state index contributed by atoms with van der Waals surface area (Å²) in [6.07, 6.45) is 0. The largest absolute Gasteiger partial charge is 0.232 e. The Morgan fingerprint density at radius 2 is 1.62 bits per heavy atom. The predicted molar refractivity (Wildman–Crippen MR) is 34.6 cm³/mol. The van der Waals surface area contributed by atoms with Crippen LogP contribution in [0.25, 0.3) is 0 Å². The fraction of sp³-hybridized carbons (Fsp3) is 1.00. The van der Waals surface area contributed by atoms with Crippen molar-refractivity contribution in [2.75, 3.05) is 5.75 Å². The summed E-state index contributed by atoms with van der Waals surface area (Å²) in [5, 5.41) is 0. The molecule has 0 aliphatic heterocycles. The van der Waals surface area contributed by atoms with Gasteiger partial charge in [-0.05, 0) is 5.41 Å². The van der Waals surface area contributed by atoms with Gasteiger partial charge >= 0.3 is 0 Å². The molecule has 0 amide bonds. The number of rotatable bonds is 1. The Morgan fingerprint density at radius 1 is 1.25 bits per heavy atom. The molecule has 0 saturated heterocycles. The molecule has 0 saturated carbocycles. The van der Waals surface area contributed by atoms with Crippen molar-refractivity contribution < 1.29 is 8.42 Å². The van der Waals surface area contributed by atoms with E-state index in [2.05, 4.69) is 0 Å². The van der Waals surface area contributed by atoms with Crippen molar-refractivity contribution in [3.8, 4) is 0 Å². The van der Waals surface area contributed by atoms with Crippen LogP contribution in [0.5, 0.6) is 0 Å². The van der Waals surface area contributed by atoms with E-state index < -0.39 is 10.7 Å². The van der Waals surface area contributed by atoms with Crippen molar-refractivity contribution in [2.24, 2.45) is 5.41 Å². The predicted octanol–water partition coefficient (Wildman–Crippen LogP) is 0.644. The quantitative estimate of drug-likeness (QED) is 0.537. The van der Waals surface area contributed by atoms with Crippen LogP contribution in [-0.4, -0.2) is 14.2 Å². The van der Waals surface area contributed by atoms with Crippen molar-refractivity contribution in [3.63, 3.8) is 0 Å². The first kappa shape index (κ1) is 7.95. The average molecular weight is 136 g/mol. The minimum Gasteiger partial charge on any atom is -0.232 e. The van der Waals surface area contributed by atoms with Crippen molar-refractivity contribution >= 4 is 10.7 Å². The Morgan fingerprint density at radius 3 is 1.62 bits per heavy atom. The molecule has 0 unspecified atom stereocenters. The van der Waals surface area contributed by atoms with Gasteiger partial charge in [0.25, 0.3) is 0 Å². The summed E-state index contributed by atoms with van der Waals surface area (Å²) in [7, 11) is -2.19. The van der Waals surface area contributed by atoms with E-state index in [4.69, 9.17) is 0 Å². The summed E-state index contributed by atoms with van der Waals surface area (Å²) in [6, 6.07) is 0. The monoisotopic (exact) mass is 136 g/mol. The number of hydrogen-bond acceptors (Lipinski definition) is 2. The van der Waals surface area contributed by atoms with E-state index in [1.54, 1.807) is 0 Å². The molecular formula is C5H12O2S. The minimum atomic E-state index is -2.19. The molecule has 0 aliphatic carbocycles. The van der Waals surface area contributed by atoms with Crippen LogP contribution in [-0.2, 0) is 10.7 Å². The van der Waals surface area contributed by atoms with Gasteiger partial charge in [0.2, 0.25) is 0 Å². The molecule has 2 nitrogen and oxygen atoms in total. The fourth-order valence-electron chi connectivity index (χ4n) is 0.387. The molecular weight excluding hydrogens is 124 g/mol. The van der Waals surface area contributed by atoms with Crippen molar-refractivity contribution in [3.05, 3.63) is 0 Å². The Balaban J connectivity index is 3.73. The SMILES string of the molecule is CC(C)(C)C[SH](=O)=O. The fourth-order valence-corrected chi connectivity index (χ4v) is 1.16. The second kappa shape index (κ2) is 2.49. The average Bonchev–Trinajstić information content (AvgIpc) is 1.21. The summed E-state index contributed by atoms with van der Waals surface area (Å²) in [5.41, 5.74) is -0.0742. The Labute approximate surface area is 51.9 Å². The van der Waals surface area contributed by atoms with Crippen LogP contribution in [0.4, 0.5) is 0 Å². The molecule has 3 heteroatoms. The standard InChI is InChI=1S/C5H12O2S/c1-5(2,3)4-8(6)7/h8H,4H2,1-3H3. The smallest absolute Gasteiger partial charge is 0.140 e. The molecule has 0 rings (SSSR count). The lowest BCUT2D eigenvalue weighted by molar-refractivity contribution is 0.467. The Hall–Kier alpha value is -0.0500. The Kier molecular flexibility index (Phi) is 2.47. The van der Waals surface area contributed by atoms with Crippen LogP contribution in [0.15, 0.2) is 0 Å². The topological polar surface area (TPSA) is 34.1 Å². The van der Waals surface area contributed by atoms with Gasteiger partial charge < -0.3 is 0 Å². The van der Waals surface area contributed by atoms with Crippen LogP contribution < -0.4 is 0 Å². The number of hydrogen-bond donors (Lipinski definition) is 1. The molecule has 0 aliphatic rings. The normalized spacial score (nSPS) is 12.5. The first-order chi connectivity index (χ1) is 3.42. The third-order valence-electron chi connectivity index (χ3n) is 0.603. The zero-order chi connectivity index (χ0) is 6.78. The van der Waals surface area contributed by atoms with Gasteiger partial charge in [-0.15, -0.1) is 0 Å². The molecule has 0 heterocycles. The Bertz CT molecular complexity index is 122. The van der Waals surface area contributed by atoms with Gasteiger partial charge in [-0.25, -0.2) is 8.42 Å². The first-order valence-electron chi connectivity index (χ1n) is 2.53. The van der Waals surface area contributed by atoms with E-state index in [0.29, 0.717) is 0 Å². The van der Waals surface area contributed by atoms with E-state index in [9.17, 15) is 8.42 Å². The van der Waals surface area contributed by atoms with Crippen LogP contribution in [0.3, 0.4) is 0 Å². The summed E-state index contributed by atoms with van der Waals surface area (Å²) in [5.74, 6) is 0.280. The summed E-state index contributed by atoms with van der Waals surface area (Å²) < 4.78 is 20.1. The van der Waals surface area contributed by atoms with Crippen LogP contribution in [0.1, 0.15) is 20.8 Å². The molecule has 8 heavy (non-hydrogen) atoms. The first-order valence-corrected chi connectivity index (χ1v) is 3.90. The molecule has 0 fully saturated rings. The summed E-state index contributed by atoms with van der Waals surface area (Å²) in [4.78, 5) is 0. The molecule has 0 N–H and O–H groups in total. The molecule has 0 aromatic rings. The highest BCUT2D eigenvalue weighted by Gasteiger charge is 2.10. The highest BCUT2D eigenvalue weighted by Crippen LogP contribution is 2.11. The van der Waals surface area contributed by atoms with Gasteiger partial charge in [0, 0.05) is 0 Å². The molecule has 0 aromatic carbocycles. The van der Waals surface area contributed by atoms with Crippen LogP contribution in [0, 0.1) is 5.41 Å². The van der Waals surface area contributed by atoms with Gasteiger partial charge in [-0.2, -0.15) is 0 Å². The van der Waals surface area contributed by atoms with Crippen molar-refractivity contribution in [1.29, 1.82) is 0 Å². The maximum Gasteiger partial charge on any atom is 0.140 e. The lowest BCUT2D eigenvalue weighted by Crippen LogP contribution is -2.11.